The first-order valence-electron chi connectivity index (χ1n) is 18.9. The van der Waals surface area contributed by atoms with Crippen LogP contribution in [0.15, 0.2) is 0 Å². The van der Waals surface area contributed by atoms with Gasteiger partial charge in [-0.1, -0.05) is 155 Å². The van der Waals surface area contributed by atoms with Crippen LogP contribution in [0.1, 0.15) is 187 Å². The number of nitrogens with one attached hydrogen (secondary N) is 2. The molecule has 2 N–H and O–H groups in total. The van der Waals surface area contributed by atoms with Gasteiger partial charge >= 0.3 is 11.9 Å². The average Bonchev–Trinajstić information content (AvgIpc) is 3.01. The Labute approximate surface area is 268 Å². The highest BCUT2D eigenvalue weighted by Crippen LogP contribution is 2.13. The maximum Gasteiger partial charge on any atom is 0.307 e. The SMILES string of the molecule is CCCCCCCCCCCCCCOC(=O)CCNCCCNCCC(=O)OCCCCCCCCCCCCCC. The van der Waals surface area contributed by atoms with Gasteiger partial charge in [0.1, 0.15) is 0 Å². The van der Waals surface area contributed by atoms with Crippen molar-refractivity contribution in [2.24, 2.45) is 0 Å². The van der Waals surface area contributed by atoms with Crippen molar-refractivity contribution in [2.45, 2.75) is 187 Å². The highest BCUT2D eigenvalue weighted by Gasteiger charge is 2.04. The molecule has 0 fully saturated rings. The number of ether oxygens (including phenoxy) is 2. The van der Waals surface area contributed by atoms with E-state index < -0.39 is 0 Å². The molecule has 0 aliphatic carbocycles. The van der Waals surface area contributed by atoms with Crippen LogP contribution in [0.3, 0.4) is 0 Å². The summed E-state index contributed by atoms with van der Waals surface area (Å²) in [5.41, 5.74) is 0. The lowest BCUT2D eigenvalue weighted by Crippen LogP contribution is -2.26. The molecule has 0 aromatic heterocycles. The van der Waals surface area contributed by atoms with Crippen molar-refractivity contribution in [1.29, 1.82) is 0 Å². The Morgan fingerprint density at radius 2 is 0.651 bits per heavy atom. The molecule has 0 unspecified atom stereocenters. The van der Waals surface area contributed by atoms with Gasteiger partial charge in [0.05, 0.1) is 26.1 Å². The van der Waals surface area contributed by atoms with Gasteiger partial charge in [0.15, 0.2) is 0 Å². The van der Waals surface area contributed by atoms with E-state index in [9.17, 15) is 9.59 Å². The van der Waals surface area contributed by atoms with Crippen LogP contribution in [-0.2, 0) is 19.1 Å². The van der Waals surface area contributed by atoms with Crippen molar-refractivity contribution >= 4 is 11.9 Å². The Morgan fingerprint density at radius 3 is 0.953 bits per heavy atom. The normalized spacial score (nSPS) is 11.2. The van der Waals surface area contributed by atoms with Crippen LogP contribution in [0.2, 0.25) is 0 Å². The number of carbonyl (C=O) groups excluding carboxylic acids is 2. The van der Waals surface area contributed by atoms with Crippen molar-refractivity contribution in [2.75, 3.05) is 39.4 Å². The summed E-state index contributed by atoms with van der Waals surface area (Å²) >= 11 is 0. The molecule has 6 heteroatoms. The quantitative estimate of drug-likeness (QED) is 0.0543. The largest absolute Gasteiger partial charge is 0.466 e. The van der Waals surface area contributed by atoms with Crippen LogP contribution in [0, 0.1) is 0 Å². The molecular weight excluding hydrogens is 536 g/mol. The van der Waals surface area contributed by atoms with Gasteiger partial charge in [-0.15, -0.1) is 0 Å². The molecule has 0 amide bonds. The van der Waals surface area contributed by atoms with Crippen LogP contribution in [0.5, 0.6) is 0 Å². The number of hydrogen-bond donors (Lipinski definition) is 2. The lowest BCUT2D eigenvalue weighted by molar-refractivity contribution is -0.144. The first-order chi connectivity index (χ1) is 21.2. The summed E-state index contributed by atoms with van der Waals surface area (Å²) in [6.45, 7) is 8.66. The van der Waals surface area contributed by atoms with E-state index in [1.165, 1.54) is 128 Å². The number of rotatable bonds is 36. The van der Waals surface area contributed by atoms with Crippen molar-refractivity contribution in [3.05, 3.63) is 0 Å². The Balaban J connectivity index is 3.24. The zero-order chi connectivity index (χ0) is 31.3. The second-order valence-electron chi connectivity index (χ2n) is 12.6. The van der Waals surface area contributed by atoms with Crippen molar-refractivity contribution in [3.63, 3.8) is 0 Å². The molecule has 0 saturated heterocycles. The fourth-order valence-corrected chi connectivity index (χ4v) is 5.37. The molecule has 0 radical (unpaired) electrons. The van der Waals surface area contributed by atoms with Crippen molar-refractivity contribution < 1.29 is 19.1 Å². The molecule has 43 heavy (non-hydrogen) atoms. The first kappa shape index (κ1) is 41.9. The molecule has 0 heterocycles. The Hall–Kier alpha value is -1.14. The standard InChI is InChI=1S/C37H74N2O4/c1-3-5-7-9-11-13-15-17-19-21-23-25-34-42-36(40)28-32-38-30-27-31-39-33-29-37(41)43-35-26-24-22-20-18-16-14-12-10-8-6-4-2/h38-39H,3-35H2,1-2H3. The van der Waals surface area contributed by atoms with Crippen LogP contribution < -0.4 is 10.6 Å². The smallest absolute Gasteiger partial charge is 0.307 e. The van der Waals surface area contributed by atoms with Gasteiger partial charge in [-0.3, -0.25) is 9.59 Å². The Bertz CT molecular complexity index is 525. The van der Waals surface area contributed by atoms with Gasteiger partial charge in [-0.25, -0.2) is 0 Å². The zero-order valence-corrected chi connectivity index (χ0v) is 29.0. The third kappa shape index (κ3) is 37.0. The molecular formula is C37H74N2O4. The molecule has 0 atom stereocenters. The van der Waals surface area contributed by atoms with E-state index in [1.54, 1.807) is 0 Å². The minimum atomic E-state index is -0.101. The second kappa shape index (κ2) is 37.0. The van der Waals surface area contributed by atoms with E-state index >= 15 is 0 Å². The first-order valence-corrected chi connectivity index (χ1v) is 18.9. The van der Waals surface area contributed by atoms with Gasteiger partial charge in [0.2, 0.25) is 0 Å². The molecule has 6 nitrogen and oxygen atoms in total. The molecule has 0 rings (SSSR count). The maximum atomic E-state index is 11.9. The lowest BCUT2D eigenvalue weighted by Gasteiger charge is -2.08. The average molecular weight is 611 g/mol. The monoisotopic (exact) mass is 611 g/mol. The zero-order valence-electron chi connectivity index (χ0n) is 29.0. The predicted octanol–water partition coefficient (Wildman–Crippen LogP) is 9.82. The lowest BCUT2D eigenvalue weighted by atomic mass is 10.1. The minimum absolute atomic E-state index is 0.101. The van der Waals surface area contributed by atoms with Crippen LogP contribution in [-0.4, -0.2) is 51.3 Å². The Morgan fingerprint density at radius 1 is 0.372 bits per heavy atom. The summed E-state index contributed by atoms with van der Waals surface area (Å²) in [5.74, 6) is -0.202. The summed E-state index contributed by atoms with van der Waals surface area (Å²) in [4.78, 5) is 23.7. The second-order valence-corrected chi connectivity index (χ2v) is 12.6. The maximum absolute atomic E-state index is 11.9. The fourth-order valence-electron chi connectivity index (χ4n) is 5.37. The fraction of sp³-hybridized carbons (Fsp3) is 0.946. The van der Waals surface area contributed by atoms with E-state index in [4.69, 9.17) is 9.47 Å². The van der Waals surface area contributed by atoms with E-state index in [2.05, 4.69) is 24.5 Å². The molecule has 0 spiro atoms. The molecule has 256 valence electrons. The molecule has 0 aromatic carbocycles. The summed E-state index contributed by atoms with van der Waals surface area (Å²) in [6.07, 6.45) is 33.3. The van der Waals surface area contributed by atoms with Gasteiger partial charge in [-0.2, -0.15) is 0 Å². The van der Waals surface area contributed by atoms with Gasteiger partial charge in [-0.05, 0) is 32.4 Å². The highest BCUT2D eigenvalue weighted by molar-refractivity contribution is 5.69. The Kier molecular flexibility index (Phi) is 36.1. The van der Waals surface area contributed by atoms with Crippen LogP contribution in [0.4, 0.5) is 0 Å². The number of hydrogen-bond acceptors (Lipinski definition) is 6. The molecule has 0 bridgehead atoms. The van der Waals surface area contributed by atoms with Crippen molar-refractivity contribution in [1.82, 2.24) is 10.6 Å². The molecule has 0 aliphatic rings. The summed E-state index contributed by atoms with van der Waals surface area (Å²) < 4.78 is 10.7. The van der Waals surface area contributed by atoms with Gasteiger partial charge in [0.25, 0.3) is 0 Å². The van der Waals surface area contributed by atoms with E-state index in [0.29, 0.717) is 39.1 Å². The highest BCUT2D eigenvalue weighted by atomic mass is 16.5. The van der Waals surface area contributed by atoms with Crippen LogP contribution >= 0.6 is 0 Å². The van der Waals surface area contributed by atoms with Crippen LogP contribution in [0.25, 0.3) is 0 Å². The summed E-state index contributed by atoms with van der Waals surface area (Å²) in [6, 6.07) is 0. The summed E-state index contributed by atoms with van der Waals surface area (Å²) in [5, 5.41) is 6.60. The number of unbranched alkanes of at least 4 members (excludes halogenated alkanes) is 22. The van der Waals surface area contributed by atoms with Crippen molar-refractivity contribution in [3.8, 4) is 0 Å². The van der Waals surface area contributed by atoms with E-state index in [-0.39, 0.29) is 11.9 Å². The van der Waals surface area contributed by atoms with E-state index in [1.807, 2.05) is 0 Å². The van der Waals surface area contributed by atoms with E-state index in [0.717, 1.165) is 45.2 Å². The van der Waals surface area contributed by atoms with Gasteiger partial charge < -0.3 is 20.1 Å². The summed E-state index contributed by atoms with van der Waals surface area (Å²) in [7, 11) is 0. The molecule has 0 aromatic rings. The third-order valence-electron chi connectivity index (χ3n) is 8.24. The number of carbonyl (C=O) groups is 2. The third-order valence-corrected chi connectivity index (χ3v) is 8.24. The van der Waals surface area contributed by atoms with Gasteiger partial charge in [0, 0.05) is 13.1 Å². The minimum Gasteiger partial charge on any atom is -0.466 e. The topological polar surface area (TPSA) is 76.7 Å². The molecule has 0 saturated carbocycles. The molecule has 0 aliphatic heterocycles. The number of esters is 2. The predicted molar refractivity (Wildman–Crippen MR) is 184 cm³/mol.